The molecule has 0 saturated carbocycles. The lowest BCUT2D eigenvalue weighted by Gasteiger charge is -2.06. The lowest BCUT2D eigenvalue weighted by Crippen LogP contribution is -1.83. The van der Waals surface area contributed by atoms with Crippen LogP contribution in [-0.4, -0.2) is 15.0 Å². The van der Waals surface area contributed by atoms with E-state index in [1.807, 2.05) is 12.2 Å². The number of nitrogens with one attached hydrogen (secondary N) is 3. The zero-order chi connectivity index (χ0) is 30.8. The van der Waals surface area contributed by atoms with E-state index in [9.17, 15) is 0 Å². The number of hydrogen-bond donors (Lipinski definition) is 3. The normalized spacial score (nSPS) is 12.3. The van der Waals surface area contributed by atoms with E-state index < -0.39 is 0 Å². The molecular weight excluding hydrogens is 558 g/mol. The summed E-state index contributed by atoms with van der Waals surface area (Å²) in [5.74, 6) is 0. The molecule has 0 aliphatic rings. The summed E-state index contributed by atoms with van der Waals surface area (Å²) in [6, 6.07) is 41.5. The molecule has 0 aliphatic carbocycles. The molecule has 3 heteroatoms. The standard InChI is InChI=1S/C43H31N3/c1-3-11-26(12-4-2)29-17-20-35-32(23-29)38-41(44-35)39-34-25-31(28-15-9-6-10-16-28)19-22-37(34)46-43(39)40-33-24-30(27-13-7-5-8-14-27)18-21-36(33)45-42(38)40/h3-11,13-25,44-46H,1-2,12H2/b26-11+. The molecule has 0 radical (unpaired) electrons. The fourth-order valence-corrected chi connectivity index (χ4v) is 7.32. The summed E-state index contributed by atoms with van der Waals surface area (Å²) in [5.41, 5.74) is 14.0. The summed E-state index contributed by atoms with van der Waals surface area (Å²) >= 11 is 0. The summed E-state index contributed by atoms with van der Waals surface area (Å²) in [6.07, 6.45) is 6.68. The molecular formula is C43H31N3. The number of H-pyrrole nitrogens is 3. The monoisotopic (exact) mass is 589 g/mol. The van der Waals surface area contributed by atoms with Crippen LogP contribution < -0.4 is 0 Å². The number of aromatic nitrogens is 3. The summed E-state index contributed by atoms with van der Waals surface area (Å²) in [5, 5.41) is 7.25. The minimum atomic E-state index is 0.777. The zero-order valence-electron chi connectivity index (χ0n) is 25.3. The summed E-state index contributed by atoms with van der Waals surface area (Å²) in [7, 11) is 0. The average Bonchev–Trinajstić information content (AvgIpc) is 3.79. The van der Waals surface area contributed by atoms with Crippen molar-refractivity contribution < 1.29 is 0 Å². The fraction of sp³-hybridized carbons (Fsp3) is 0.0233. The highest BCUT2D eigenvalue weighted by atomic mass is 14.8. The predicted molar refractivity (Wildman–Crippen MR) is 198 cm³/mol. The van der Waals surface area contributed by atoms with Crippen molar-refractivity contribution in [1.29, 1.82) is 0 Å². The van der Waals surface area contributed by atoms with Crippen LogP contribution in [0.15, 0.2) is 147 Å². The Morgan fingerprint density at radius 1 is 0.500 bits per heavy atom. The van der Waals surface area contributed by atoms with Gasteiger partial charge in [-0.3, -0.25) is 0 Å². The molecule has 0 aliphatic heterocycles. The number of allylic oxidation sites excluding steroid dienone is 4. The van der Waals surface area contributed by atoms with Crippen LogP contribution in [0.4, 0.5) is 0 Å². The highest BCUT2D eigenvalue weighted by Gasteiger charge is 2.22. The van der Waals surface area contributed by atoms with Gasteiger partial charge in [0.1, 0.15) is 0 Å². The van der Waals surface area contributed by atoms with Crippen LogP contribution in [-0.2, 0) is 0 Å². The van der Waals surface area contributed by atoms with E-state index >= 15 is 0 Å². The molecule has 0 amide bonds. The van der Waals surface area contributed by atoms with E-state index in [1.54, 1.807) is 0 Å². The Kier molecular flexibility index (Phi) is 5.87. The number of hydrogen-bond acceptors (Lipinski definition) is 0. The molecule has 9 rings (SSSR count). The second-order valence-electron chi connectivity index (χ2n) is 12.1. The number of aromatic amines is 3. The highest BCUT2D eigenvalue weighted by molar-refractivity contribution is 6.39. The third-order valence-corrected chi connectivity index (χ3v) is 9.41. The Balaban J connectivity index is 1.45. The SMILES string of the molecule is C=C/C=C(\CC=C)c1ccc2[nH]c3c(c2c1)c1[nH]c2ccc(-c4ccccc4)cc2c1c1[nH]c2ccc(-c4ccccc4)cc2c31. The van der Waals surface area contributed by atoms with E-state index in [0.717, 1.165) is 39.5 Å². The van der Waals surface area contributed by atoms with Gasteiger partial charge in [0.25, 0.3) is 0 Å². The van der Waals surface area contributed by atoms with Gasteiger partial charge in [-0.05, 0) is 76.2 Å². The van der Waals surface area contributed by atoms with Crippen LogP contribution in [0.2, 0.25) is 0 Å². The third-order valence-electron chi connectivity index (χ3n) is 9.41. The topological polar surface area (TPSA) is 47.4 Å². The lowest BCUT2D eigenvalue weighted by atomic mass is 9.97. The highest BCUT2D eigenvalue weighted by Crippen LogP contribution is 2.45. The fourth-order valence-electron chi connectivity index (χ4n) is 7.32. The first kappa shape index (κ1) is 26.4. The van der Waals surface area contributed by atoms with Crippen molar-refractivity contribution in [2.45, 2.75) is 6.42 Å². The van der Waals surface area contributed by atoms with Gasteiger partial charge in [0.05, 0.1) is 16.6 Å². The number of rotatable bonds is 6. The molecule has 9 aromatic rings. The van der Waals surface area contributed by atoms with Gasteiger partial charge in [0.2, 0.25) is 0 Å². The minimum absolute atomic E-state index is 0.777. The van der Waals surface area contributed by atoms with Crippen molar-refractivity contribution in [1.82, 2.24) is 15.0 Å². The van der Waals surface area contributed by atoms with Gasteiger partial charge in [-0.15, -0.1) is 6.58 Å². The molecule has 6 aromatic carbocycles. The second kappa shape index (κ2) is 10.3. The van der Waals surface area contributed by atoms with Crippen molar-refractivity contribution in [3.05, 3.63) is 152 Å². The van der Waals surface area contributed by atoms with Gasteiger partial charge >= 0.3 is 0 Å². The summed E-state index contributed by atoms with van der Waals surface area (Å²) in [6.45, 7) is 7.97. The van der Waals surface area contributed by atoms with Crippen molar-refractivity contribution in [2.75, 3.05) is 0 Å². The molecule has 0 bridgehead atoms. The van der Waals surface area contributed by atoms with Crippen LogP contribution in [0.5, 0.6) is 0 Å². The molecule has 3 aromatic heterocycles. The number of fused-ring (bicyclic) bond motifs is 12. The molecule has 3 nitrogen and oxygen atoms in total. The molecule has 3 heterocycles. The van der Waals surface area contributed by atoms with Gasteiger partial charge in [0, 0.05) is 48.9 Å². The maximum absolute atomic E-state index is 4.00. The van der Waals surface area contributed by atoms with E-state index in [2.05, 4.69) is 149 Å². The minimum Gasteiger partial charge on any atom is -0.354 e. The maximum atomic E-state index is 4.00. The Morgan fingerprint density at radius 3 is 1.41 bits per heavy atom. The molecule has 0 spiro atoms. The van der Waals surface area contributed by atoms with Crippen LogP contribution in [0.25, 0.3) is 93.2 Å². The van der Waals surface area contributed by atoms with Gasteiger partial charge < -0.3 is 15.0 Å². The van der Waals surface area contributed by atoms with Crippen LogP contribution >= 0.6 is 0 Å². The molecule has 0 atom stereocenters. The van der Waals surface area contributed by atoms with Crippen LogP contribution in [0.1, 0.15) is 12.0 Å². The predicted octanol–water partition coefficient (Wildman–Crippen LogP) is 12.1. The first-order chi connectivity index (χ1) is 22.7. The smallest absolute Gasteiger partial charge is 0.0588 e. The van der Waals surface area contributed by atoms with Crippen molar-refractivity contribution in [2.24, 2.45) is 0 Å². The van der Waals surface area contributed by atoms with E-state index in [4.69, 9.17) is 0 Å². The van der Waals surface area contributed by atoms with Crippen molar-refractivity contribution >= 4 is 71.0 Å². The van der Waals surface area contributed by atoms with Gasteiger partial charge in [-0.2, -0.15) is 0 Å². The molecule has 218 valence electrons. The van der Waals surface area contributed by atoms with Crippen LogP contribution in [0, 0.1) is 0 Å². The number of benzene rings is 6. The summed E-state index contributed by atoms with van der Waals surface area (Å²) < 4.78 is 0. The Bertz CT molecular complexity index is 2600. The lowest BCUT2D eigenvalue weighted by molar-refractivity contribution is 1.40. The Hall–Kier alpha value is -6.06. The second-order valence-corrected chi connectivity index (χ2v) is 12.1. The molecule has 0 fully saturated rings. The van der Waals surface area contributed by atoms with Gasteiger partial charge in [-0.1, -0.05) is 104 Å². The summed E-state index contributed by atoms with van der Waals surface area (Å²) in [4.78, 5) is 11.6. The van der Waals surface area contributed by atoms with E-state index in [-0.39, 0.29) is 0 Å². The zero-order valence-corrected chi connectivity index (χ0v) is 25.3. The van der Waals surface area contributed by atoms with Gasteiger partial charge in [0.15, 0.2) is 0 Å². The van der Waals surface area contributed by atoms with E-state index in [1.165, 1.54) is 65.7 Å². The Morgan fingerprint density at radius 2 is 0.957 bits per heavy atom. The van der Waals surface area contributed by atoms with Crippen molar-refractivity contribution in [3.63, 3.8) is 0 Å². The average molecular weight is 590 g/mol. The molecule has 3 N–H and O–H groups in total. The quantitative estimate of drug-likeness (QED) is 0.128. The van der Waals surface area contributed by atoms with Crippen LogP contribution in [0.3, 0.4) is 0 Å². The third kappa shape index (κ3) is 3.92. The maximum Gasteiger partial charge on any atom is 0.0588 e. The molecule has 0 saturated heterocycles. The first-order valence-electron chi connectivity index (χ1n) is 15.7. The van der Waals surface area contributed by atoms with Gasteiger partial charge in [-0.25, -0.2) is 0 Å². The Labute approximate surface area is 266 Å². The largest absolute Gasteiger partial charge is 0.354 e. The van der Waals surface area contributed by atoms with E-state index in [0.29, 0.717) is 0 Å². The molecule has 46 heavy (non-hydrogen) atoms. The first-order valence-corrected chi connectivity index (χ1v) is 15.7. The molecule has 0 unspecified atom stereocenters. The van der Waals surface area contributed by atoms with Crippen molar-refractivity contribution in [3.8, 4) is 22.3 Å².